The largest absolute Gasteiger partial charge is 0.379 e. The monoisotopic (exact) mass is 391 g/mol. The Hall–Kier alpha value is -3.24. The van der Waals surface area contributed by atoms with Crippen LogP contribution in [0.5, 0.6) is 0 Å². The minimum absolute atomic E-state index is 0.195. The number of morpholine rings is 1. The van der Waals surface area contributed by atoms with Gasteiger partial charge in [0, 0.05) is 37.4 Å². The van der Waals surface area contributed by atoms with Crippen LogP contribution in [0, 0.1) is 24.1 Å². The molecule has 1 N–H and O–H groups in total. The first-order valence-corrected chi connectivity index (χ1v) is 9.59. The van der Waals surface area contributed by atoms with Gasteiger partial charge in [0.25, 0.3) is 0 Å². The average Bonchev–Trinajstić information content (AvgIpc) is 2.72. The molecule has 0 radical (unpaired) electrons. The van der Waals surface area contributed by atoms with E-state index in [4.69, 9.17) is 4.74 Å². The predicted molar refractivity (Wildman–Crippen MR) is 110 cm³/mol. The molecule has 0 saturated carbocycles. The zero-order valence-electron chi connectivity index (χ0n) is 16.4. The molecule has 3 heterocycles. The minimum Gasteiger partial charge on any atom is -0.379 e. The van der Waals surface area contributed by atoms with Crippen LogP contribution >= 0.6 is 0 Å². The SMILES string of the molecule is Cc1cc(F)cc2c(NCc3ccc(N4CCOC(C)C4)nc3)c(C#N)cnc12. The van der Waals surface area contributed by atoms with Gasteiger partial charge in [-0.05, 0) is 43.2 Å². The molecule has 1 aliphatic heterocycles. The third-order valence-electron chi connectivity index (χ3n) is 5.09. The first-order valence-electron chi connectivity index (χ1n) is 9.59. The van der Waals surface area contributed by atoms with Gasteiger partial charge in [-0.25, -0.2) is 9.37 Å². The number of aryl methyl sites for hydroxylation is 1. The quantitative estimate of drug-likeness (QED) is 0.730. The molecule has 2 aromatic heterocycles. The standard InChI is InChI=1S/C22H22FN5O/c1-14-7-18(23)8-19-21(14)27-12-17(9-24)22(19)26-11-16-3-4-20(25-10-16)28-5-6-29-15(2)13-28/h3-4,7-8,10,12,15H,5-6,11,13H2,1-2H3,(H,26,27). The Labute approximate surface area is 169 Å². The van der Waals surface area contributed by atoms with Crippen molar-refractivity contribution in [3.8, 4) is 6.07 Å². The zero-order chi connectivity index (χ0) is 20.4. The Morgan fingerprint density at radius 3 is 2.90 bits per heavy atom. The van der Waals surface area contributed by atoms with Gasteiger partial charge >= 0.3 is 0 Å². The van der Waals surface area contributed by atoms with Crippen LogP contribution in [0.1, 0.15) is 23.6 Å². The van der Waals surface area contributed by atoms with Crippen LogP contribution < -0.4 is 10.2 Å². The fourth-order valence-electron chi connectivity index (χ4n) is 3.64. The van der Waals surface area contributed by atoms with Crippen molar-refractivity contribution < 1.29 is 9.13 Å². The molecule has 0 amide bonds. The van der Waals surface area contributed by atoms with E-state index >= 15 is 0 Å². The van der Waals surface area contributed by atoms with Gasteiger partial charge < -0.3 is 15.0 Å². The van der Waals surface area contributed by atoms with Gasteiger partial charge in [0.05, 0.1) is 29.5 Å². The van der Waals surface area contributed by atoms with E-state index in [9.17, 15) is 9.65 Å². The highest BCUT2D eigenvalue weighted by Crippen LogP contribution is 2.29. The zero-order valence-corrected chi connectivity index (χ0v) is 16.4. The van der Waals surface area contributed by atoms with Crippen LogP contribution in [0.3, 0.4) is 0 Å². The summed E-state index contributed by atoms with van der Waals surface area (Å²) in [4.78, 5) is 11.1. The fourth-order valence-corrected chi connectivity index (χ4v) is 3.64. The van der Waals surface area contributed by atoms with Crippen molar-refractivity contribution in [2.24, 2.45) is 0 Å². The maximum atomic E-state index is 14.0. The maximum Gasteiger partial charge on any atom is 0.128 e. The van der Waals surface area contributed by atoms with Crippen LogP contribution in [-0.2, 0) is 11.3 Å². The number of benzene rings is 1. The van der Waals surface area contributed by atoms with Gasteiger partial charge in [-0.2, -0.15) is 5.26 Å². The van der Waals surface area contributed by atoms with Crippen molar-refractivity contribution in [3.05, 3.63) is 59.2 Å². The van der Waals surface area contributed by atoms with Crippen LogP contribution in [0.2, 0.25) is 0 Å². The summed E-state index contributed by atoms with van der Waals surface area (Å²) in [7, 11) is 0. The Kier molecular flexibility index (Phi) is 5.28. The number of ether oxygens (including phenoxy) is 1. The van der Waals surface area contributed by atoms with Gasteiger partial charge in [0.15, 0.2) is 0 Å². The van der Waals surface area contributed by atoms with Crippen molar-refractivity contribution in [1.29, 1.82) is 5.26 Å². The van der Waals surface area contributed by atoms with Crippen molar-refractivity contribution in [1.82, 2.24) is 9.97 Å². The summed E-state index contributed by atoms with van der Waals surface area (Å²) in [6.07, 6.45) is 3.54. The lowest BCUT2D eigenvalue weighted by Crippen LogP contribution is -2.41. The van der Waals surface area contributed by atoms with Crippen LogP contribution in [0.25, 0.3) is 10.9 Å². The molecule has 0 aliphatic carbocycles. The Balaban J connectivity index is 1.56. The number of hydrogen-bond donors (Lipinski definition) is 1. The van der Waals surface area contributed by atoms with Gasteiger partial charge in [-0.3, -0.25) is 4.98 Å². The van der Waals surface area contributed by atoms with E-state index in [0.717, 1.165) is 30.0 Å². The van der Waals surface area contributed by atoms with Crippen LogP contribution in [0.15, 0.2) is 36.7 Å². The number of pyridine rings is 2. The molecule has 6 nitrogen and oxygen atoms in total. The van der Waals surface area contributed by atoms with Crippen molar-refractivity contribution in [2.45, 2.75) is 26.5 Å². The van der Waals surface area contributed by atoms with Crippen molar-refractivity contribution in [2.75, 3.05) is 29.9 Å². The summed E-state index contributed by atoms with van der Waals surface area (Å²) in [6, 6.07) is 9.00. The molecule has 1 fully saturated rings. The maximum absolute atomic E-state index is 14.0. The number of anilines is 2. The van der Waals surface area contributed by atoms with Crippen molar-refractivity contribution >= 4 is 22.4 Å². The van der Waals surface area contributed by atoms with Gasteiger partial charge in [-0.15, -0.1) is 0 Å². The summed E-state index contributed by atoms with van der Waals surface area (Å²) < 4.78 is 19.5. The molecule has 1 unspecified atom stereocenters. The molecule has 29 heavy (non-hydrogen) atoms. The summed E-state index contributed by atoms with van der Waals surface area (Å²) >= 11 is 0. The summed E-state index contributed by atoms with van der Waals surface area (Å²) in [5, 5.41) is 13.4. The van der Waals surface area contributed by atoms with Crippen LogP contribution in [-0.4, -0.2) is 35.8 Å². The molecule has 3 aromatic rings. The van der Waals surface area contributed by atoms with Crippen molar-refractivity contribution in [3.63, 3.8) is 0 Å². The smallest absolute Gasteiger partial charge is 0.128 e. The summed E-state index contributed by atoms with van der Waals surface area (Å²) in [5.74, 6) is 0.578. The third kappa shape index (κ3) is 3.98. The number of halogens is 1. The number of rotatable bonds is 4. The third-order valence-corrected chi connectivity index (χ3v) is 5.09. The fraction of sp³-hybridized carbons (Fsp3) is 0.318. The van der Waals surface area contributed by atoms with E-state index in [2.05, 4.69) is 33.2 Å². The number of hydrogen-bond acceptors (Lipinski definition) is 6. The predicted octanol–water partition coefficient (Wildman–Crippen LogP) is 3.79. The molecule has 7 heteroatoms. The molecule has 0 bridgehead atoms. The molecular formula is C22H22FN5O. The van der Waals surface area contributed by atoms with E-state index < -0.39 is 0 Å². The van der Waals surface area contributed by atoms with E-state index in [1.807, 2.05) is 25.3 Å². The Morgan fingerprint density at radius 2 is 2.17 bits per heavy atom. The second kappa shape index (κ2) is 8.02. The number of nitrogens with zero attached hydrogens (tertiary/aromatic N) is 4. The highest BCUT2D eigenvalue weighted by atomic mass is 19.1. The van der Waals surface area contributed by atoms with E-state index in [-0.39, 0.29) is 11.9 Å². The lowest BCUT2D eigenvalue weighted by Gasteiger charge is -2.32. The Bertz CT molecular complexity index is 1080. The molecule has 1 atom stereocenters. The molecule has 1 aromatic carbocycles. The first-order chi connectivity index (χ1) is 14.0. The topological polar surface area (TPSA) is 74.1 Å². The second-order valence-corrected chi connectivity index (χ2v) is 7.28. The molecule has 1 aliphatic rings. The minimum atomic E-state index is -0.347. The van der Waals surface area contributed by atoms with Crippen LogP contribution in [0.4, 0.5) is 15.9 Å². The Morgan fingerprint density at radius 1 is 1.31 bits per heavy atom. The molecule has 148 valence electrons. The van der Waals surface area contributed by atoms with E-state index in [1.165, 1.54) is 18.3 Å². The molecule has 1 saturated heterocycles. The lowest BCUT2D eigenvalue weighted by atomic mass is 10.1. The molecule has 0 spiro atoms. The summed E-state index contributed by atoms with van der Waals surface area (Å²) in [5.41, 5.74) is 3.36. The van der Waals surface area contributed by atoms with Gasteiger partial charge in [-0.1, -0.05) is 6.07 Å². The van der Waals surface area contributed by atoms with Gasteiger partial charge in [0.2, 0.25) is 0 Å². The highest BCUT2D eigenvalue weighted by Gasteiger charge is 2.18. The summed E-state index contributed by atoms with van der Waals surface area (Å²) in [6.45, 7) is 6.69. The average molecular weight is 391 g/mol. The molecular weight excluding hydrogens is 369 g/mol. The first kappa shape index (κ1) is 19.1. The number of fused-ring (bicyclic) bond motifs is 1. The second-order valence-electron chi connectivity index (χ2n) is 7.28. The highest BCUT2D eigenvalue weighted by molar-refractivity contribution is 5.95. The lowest BCUT2D eigenvalue weighted by molar-refractivity contribution is 0.0529. The molecule has 4 rings (SSSR count). The van der Waals surface area contributed by atoms with E-state index in [1.54, 1.807) is 0 Å². The number of nitriles is 1. The van der Waals surface area contributed by atoms with E-state index in [0.29, 0.717) is 35.3 Å². The normalized spacial score (nSPS) is 16.6. The van der Waals surface area contributed by atoms with Gasteiger partial charge in [0.1, 0.15) is 17.7 Å². The number of nitrogens with one attached hydrogen (secondary N) is 1. The number of aromatic nitrogens is 2.